The smallest absolute Gasteiger partial charge is 0.264 e. The summed E-state index contributed by atoms with van der Waals surface area (Å²) in [6.45, 7) is 5.36. The van der Waals surface area contributed by atoms with E-state index < -0.39 is 21.2 Å². The zero-order chi connectivity index (χ0) is 33.8. The Morgan fingerprint density at radius 3 is 2.54 bits per heavy atom. The summed E-state index contributed by atoms with van der Waals surface area (Å²) in [7, 11) is -2.19. The topological polar surface area (TPSA) is 120 Å². The van der Waals surface area contributed by atoms with E-state index in [1.807, 2.05) is 36.4 Å². The average molecular weight is 674 g/mol. The first-order valence-corrected chi connectivity index (χ1v) is 18.2. The Bertz CT molecular complexity index is 1930. The van der Waals surface area contributed by atoms with Gasteiger partial charge in [0, 0.05) is 41.3 Å². The van der Waals surface area contributed by atoms with Gasteiger partial charge in [0.05, 0.1) is 43.9 Å². The fourth-order valence-corrected chi connectivity index (χ4v) is 7.21. The SMILES string of the molecule is COc1cccc(/C=C(\Cn2cc(C3CCCCC3)c3ccc(C(=O)NS(=O)(=O)C(C)C)cc32)c2occc2C(=O)N2CCOCC2)c1. The van der Waals surface area contributed by atoms with Crippen molar-refractivity contribution in [2.24, 2.45) is 0 Å². The van der Waals surface area contributed by atoms with E-state index in [1.165, 1.54) is 25.8 Å². The van der Waals surface area contributed by atoms with E-state index in [0.717, 1.165) is 47.7 Å². The number of rotatable bonds is 10. The molecule has 0 bridgehead atoms. The van der Waals surface area contributed by atoms with Crippen molar-refractivity contribution in [1.82, 2.24) is 14.2 Å². The lowest BCUT2D eigenvalue weighted by atomic mass is 9.84. The van der Waals surface area contributed by atoms with Crippen molar-refractivity contribution in [2.45, 2.75) is 63.7 Å². The lowest BCUT2D eigenvalue weighted by molar-refractivity contribution is 0.0302. The van der Waals surface area contributed by atoms with Crippen molar-refractivity contribution in [3.05, 3.63) is 89.0 Å². The summed E-state index contributed by atoms with van der Waals surface area (Å²) in [5.41, 5.74) is 4.35. The minimum atomic E-state index is -3.81. The minimum absolute atomic E-state index is 0.121. The van der Waals surface area contributed by atoms with Crippen LogP contribution in [-0.2, 0) is 21.3 Å². The van der Waals surface area contributed by atoms with Gasteiger partial charge < -0.3 is 23.4 Å². The van der Waals surface area contributed by atoms with E-state index in [-0.39, 0.29) is 11.5 Å². The predicted molar refractivity (Wildman–Crippen MR) is 186 cm³/mol. The Morgan fingerprint density at radius 1 is 1.04 bits per heavy atom. The van der Waals surface area contributed by atoms with Crippen LogP contribution in [0.2, 0.25) is 0 Å². The van der Waals surface area contributed by atoms with Crippen LogP contribution in [0.4, 0.5) is 0 Å². The molecule has 3 heterocycles. The molecule has 0 spiro atoms. The van der Waals surface area contributed by atoms with Crippen LogP contribution in [0.3, 0.4) is 0 Å². The van der Waals surface area contributed by atoms with Crippen LogP contribution in [0.25, 0.3) is 22.6 Å². The molecule has 2 amide bonds. The number of benzene rings is 2. The van der Waals surface area contributed by atoms with Crippen LogP contribution < -0.4 is 9.46 Å². The summed E-state index contributed by atoms with van der Waals surface area (Å²) >= 11 is 0. The third-order valence-corrected chi connectivity index (χ3v) is 11.0. The first-order chi connectivity index (χ1) is 23.1. The van der Waals surface area contributed by atoms with Crippen molar-refractivity contribution in [3.63, 3.8) is 0 Å². The van der Waals surface area contributed by atoms with E-state index in [9.17, 15) is 18.0 Å². The molecule has 0 radical (unpaired) electrons. The summed E-state index contributed by atoms with van der Waals surface area (Å²) in [4.78, 5) is 28.8. The number of furan rings is 1. The number of nitrogens with one attached hydrogen (secondary N) is 1. The summed E-state index contributed by atoms with van der Waals surface area (Å²) in [6, 6.07) is 14.8. The molecule has 2 fully saturated rings. The molecular formula is C37H43N3O7S. The number of nitrogens with zero attached hydrogens (tertiary/aromatic N) is 2. The highest BCUT2D eigenvalue weighted by atomic mass is 32.2. The predicted octanol–water partition coefficient (Wildman–Crippen LogP) is 6.47. The van der Waals surface area contributed by atoms with Crippen molar-refractivity contribution < 1.29 is 31.9 Å². The van der Waals surface area contributed by atoms with E-state index in [1.54, 1.807) is 36.5 Å². The van der Waals surface area contributed by atoms with Crippen LogP contribution in [0.15, 0.2) is 65.4 Å². The maximum atomic E-state index is 13.8. The zero-order valence-corrected chi connectivity index (χ0v) is 28.6. The number of methoxy groups -OCH3 is 1. The van der Waals surface area contributed by atoms with Gasteiger partial charge in [-0.3, -0.25) is 9.59 Å². The first-order valence-electron chi connectivity index (χ1n) is 16.6. The molecule has 1 aliphatic heterocycles. The second-order valence-electron chi connectivity index (χ2n) is 12.8. The van der Waals surface area contributed by atoms with Gasteiger partial charge in [0.2, 0.25) is 10.0 Å². The second-order valence-corrected chi connectivity index (χ2v) is 15.1. The highest BCUT2D eigenvalue weighted by molar-refractivity contribution is 7.90. The lowest BCUT2D eigenvalue weighted by Gasteiger charge is -2.26. The molecule has 1 N–H and O–H groups in total. The molecule has 1 saturated heterocycles. The first kappa shape index (κ1) is 33.5. The average Bonchev–Trinajstić information content (AvgIpc) is 3.73. The molecule has 2 aliphatic rings. The Hall–Kier alpha value is -4.35. The fourth-order valence-electron chi connectivity index (χ4n) is 6.60. The molecular weight excluding hydrogens is 630 g/mol. The number of fused-ring (bicyclic) bond motifs is 1. The number of allylic oxidation sites excluding steroid dienone is 1. The van der Waals surface area contributed by atoms with Gasteiger partial charge in [-0.2, -0.15) is 0 Å². The highest BCUT2D eigenvalue weighted by Crippen LogP contribution is 2.39. The number of ether oxygens (including phenoxy) is 2. The second kappa shape index (κ2) is 14.4. The number of amides is 2. The van der Waals surface area contributed by atoms with E-state index in [0.29, 0.717) is 55.8 Å². The molecule has 48 heavy (non-hydrogen) atoms. The quantitative estimate of drug-likeness (QED) is 0.205. The van der Waals surface area contributed by atoms with Crippen LogP contribution in [-0.4, -0.2) is 68.4 Å². The monoisotopic (exact) mass is 673 g/mol. The molecule has 0 unspecified atom stereocenters. The van der Waals surface area contributed by atoms with Crippen LogP contribution in [0.5, 0.6) is 5.75 Å². The summed E-state index contributed by atoms with van der Waals surface area (Å²) in [5, 5.41) is 0.272. The molecule has 1 aliphatic carbocycles. The van der Waals surface area contributed by atoms with E-state index >= 15 is 0 Å². The third kappa shape index (κ3) is 7.22. The number of hydrogen-bond donors (Lipinski definition) is 1. The van der Waals surface area contributed by atoms with Crippen molar-refractivity contribution in [3.8, 4) is 5.75 Å². The van der Waals surface area contributed by atoms with Gasteiger partial charge in [0.1, 0.15) is 11.5 Å². The molecule has 11 heteroatoms. The number of hydrogen-bond acceptors (Lipinski definition) is 7. The zero-order valence-electron chi connectivity index (χ0n) is 27.7. The summed E-state index contributed by atoms with van der Waals surface area (Å²) in [6.07, 6.45) is 11.4. The maximum absolute atomic E-state index is 13.8. The van der Waals surface area contributed by atoms with Crippen LogP contribution in [0, 0.1) is 0 Å². The van der Waals surface area contributed by atoms with Gasteiger partial charge in [0.25, 0.3) is 11.8 Å². The Morgan fingerprint density at radius 2 is 1.81 bits per heavy atom. The van der Waals surface area contributed by atoms with Gasteiger partial charge in [-0.1, -0.05) is 37.5 Å². The Balaban J connectivity index is 1.46. The summed E-state index contributed by atoms with van der Waals surface area (Å²) < 4.78 is 46.5. The number of aromatic nitrogens is 1. The standard InChI is InChI=1S/C37H43N3O7S/c1-25(2)48(43,44)38-36(41)28-12-13-31-33(27-9-5-4-6-10-27)24-40(34(31)22-28)23-29(20-26-8-7-11-30(21-26)45-3)35-32(14-17-47-35)37(42)39-15-18-46-19-16-39/h7-8,11-14,17,20-22,24-25,27H,4-6,9-10,15-16,18-19,23H2,1-3H3,(H,38,41)/b29-20+. The minimum Gasteiger partial charge on any atom is -0.497 e. The molecule has 2 aromatic heterocycles. The van der Waals surface area contributed by atoms with Crippen molar-refractivity contribution in [1.29, 1.82) is 0 Å². The van der Waals surface area contributed by atoms with Crippen molar-refractivity contribution >= 4 is 44.4 Å². The number of carbonyl (C=O) groups is 2. The van der Waals surface area contributed by atoms with Crippen molar-refractivity contribution in [2.75, 3.05) is 33.4 Å². The van der Waals surface area contributed by atoms with Gasteiger partial charge in [-0.05, 0) is 80.1 Å². The van der Waals surface area contributed by atoms with Gasteiger partial charge in [-0.15, -0.1) is 0 Å². The number of carbonyl (C=O) groups excluding carboxylic acids is 2. The third-order valence-electron chi connectivity index (χ3n) is 9.34. The number of sulfonamides is 1. The molecule has 2 aromatic carbocycles. The number of morpholine rings is 1. The Kier molecular flexibility index (Phi) is 10.1. The molecule has 6 rings (SSSR count). The molecule has 1 saturated carbocycles. The Labute approximate surface area is 281 Å². The van der Waals surface area contributed by atoms with Crippen LogP contribution >= 0.6 is 0 Å². The molecule has 4 aromatic rings. The highest BCUT2D eigenvalue weighted by Gasteiger charge is 2.27. The molecule has 254 valence electrons. The normalized spacial score (nSPS) is 16.4. The summed E-state index contributed by atoms with van der Waals surface area (Å²) in [5.74, 6) is 0.743. The fraction of sp³-hybridized carbons (Fsp3) is 0.405. The van der Waals surface area contributed by atoms with Gasteiger partial charge in [-0.25, -0.2) is 13.1 Å². The lowest BCUT2D eigenvalue weighted by Crippen LogP contribution is -2.40. The van der Waals surface area contributed by atoms with Crippen LogP contribution in [0.1, 0.15) is 89.5 Å². The van der Waals surface area contributed by atoms with Gasteiger partial charge in [0.15, 0.2) is 0 Å². The molecule has 0 atom stereocenters. The largest absolute Gasteiger partial charge is 0.497 e. The van der Waals surface area contributed by atoms with E-state index in [4.69, 9.17) is 13.9 Å². The maximum Gasteiger partial charge on any atom is 0.264 e. The van der Waals surface area contributed by atoms with Gasteiger partial charge >= 0.3 is 0 Å². The molecule has 10 nitrogen and oxygen atoms in total. The van der Waals surface area contributed by atoms with E-state index in [2.05, 4.69) is 15.5 Å².